The lowest BCUT2D eigenvalue weighted by Crippen LogP contribution is -2.23. The number of hydrogen-bond donors (Lipinski definition) is 1. The van der Waals surface area contributed by atoms with E-state index in [9.17, 15) is 4.79 Å². The van der Waals surface area contributed by atoms with Crippen LogP contribution in [-0.2, 0) is 9.53 Å². The monoisotopic (exact) mass is 403 g/mol. The molecule has 30 heavy (non-hydrogen) atoms. The van der Waals surface area contributed by atoms with Crippen LogP contribution in [0.15, 0.2) is 53.3 Å². The van der Waals surface area contributed by atoms with Crippen molar-refractivity contribution in [3.05, 3.63) is 60.0 Å². The lowest BCUT2D eigenvalue weighted by molar-refractivity contribution is -0.143. The maximum Gasteiger partial charge on any atom is 0.335 e. The third-order valence-electron chi connectivity index (χ3n) is 4.86. The van der Waals surface area contributed by atoms with Gasteiger partial charge in [-0.25, -0.2) is 14.5 Å². The van der Waals surface area contributed by atoms with E-state index in [1.54, 1.807) is 24.6 Å². The number of aryl methyl sites for hydroxylation is 1. The summed E-state index contributed by atoms with van der Waals surface area (Å²) in [5.74, 6) is 0.515. The Kier molecular flexibility index (Phi) is 3.98. The smallest absolute Gasteiger partial charge is 0.335 e. The molecule has 10 heteroatoms. The highest BCUT2D eigenvalue weighted by atomic mass is 16.5. The number of fused-ring (bicyclic) bond motifs is 3. The van der Waals surface area contributed by atoms with Crippen molar-refractivity contribution in [2.75, 3.05) is 12.8 Å². The summed E-state index contributed by atoms with van der Waals surface area (Å²) in [4.78, 5) is 21.6. The fourth-order valence-electron chi connectivity index (χ4n) is 3.36. The number of nitrogens with zero attached hydrogens (tertiary/aromatic N) is 6. The molecule has 4 heterocycles. The first-order valence-electron chi connectivity index (χ1n) is 9.14. The second-order valence-corrected chi connectivity index (χ2v) is 6.78. The molecule has 1 unspecified atom stereocenters. The first kappa shape index (κ1) is 17.9. The Bertz CT molecular complexity index is 1370. The van der Waals surface area contributed by atoms with Crippen LogP contribution in [0, 0.1) is 6.92 Å². The summed E-state index contributed by atoms with van der Waals surface area (Å²) >= 11 is 0. The summed E-state index contributed by atoms with van der Waals surface area (Å²) in [7, 11) is 1.34. The van der Waals surface area contributed by atoms with E-state index in [1.807, 2.05) is 31.2 Å². The van der Waals surface area contributed by atoms with Crippen molar-refractivity contribution in [3.63, 3.8) is 0 Å². The zero-order valence-electron chi connectivity index (χ0n) is 16.2. The van der Waals surface area contributed by atoms with Crippen molar-refractivity contribution in [1.82, 2.24) is 29.4 Å². The Morgan fingerprint density at radius 2 is 1.97 bits per heavy atom. The van der Waals surface area contributed by atoms with Crippen LogP contribution in [0.1, 0.15) is 17.2 Å². The number of furan rings is 1. The minimum atomic E-state index is -0.824. The van der Waals surface area contributed by atoms with Crippen LogP contribution in [0.2, 0.25) is 0 Å². The SMILES string of the molecule is COC(=O)C(c1ccc(C)cc1)n1ncc2c1nc(N)n1nc(-c3ccco3)nc21. The highest BCUT2D eigenvalue weighted by molar-refractivity contribution is 5.92. The maximum absolute atomic E-state index is 12.7. The number of benzene rings is 1. The van der Waals surface area contributed by atoms with Crippen molar-refractivity contribution >= 4 is 28.6 Å². The van der Waals surface area contributed by atoms with E-state index in [4.69, 9.17) is 14.9 Å². The molecule has 0 bridgehead atoms. The van der Waals surface area contributed by atoms with Gasteiger partial charge in [0.2, 0.25) is 11.8 Å². The van der Waals surface area contributed by atoms with E-state index in [-0.39, 0.29) is 5.95 Å². The van der Waals surface area contributed by atoms with Gasteiger partial charge in [0.05, 0.1) is 25.0 Å². The molecule has 0 amide bonds. The van der Waals surface area contributed by atoms with Crippen LogP contribution in [0.3, 0.4) is 0 Å². The molecule has 4 aromatic heterocycles. The Hall–Kier alpha value is -4.21. The lowest BCUT2D eigenvalue weighted by Gasteiger charge is -2.16. The number of carbonyl (C=O) groups excluding carboxylic acids is 1. The topological polar surface area (TPSA) is 126 Å². The normalized spacial score (nSPS) is 12.5. The summed E-state index contributed by atoms with van der Waals surface area (Å²) in [5.41, 5.74) is 8.80. The zero-order chi connectivity index (χ0) is 20.8. The number of esters is 1. The lowest BCUT2D eigenvalue weighted by atomic mass is 10.1. The fourth-order valence-corrected chi connectivity index (χ4v) is 3.36. The minimum Gasteiger partial charge on any atom is -0.467 e. The third-order valence-corrected chi connectivity index (χ3v) is 4.86. The van der Waals surface area contributed by atoms with E-state index in [0.717, 1.165) is 11.1 Å². The largest absolute Gasteiger partial charge is 0.467 e. The van der Waals surface area contributed by atoms with E-state index in [2.05, 4.69) is 20.2 Å². The van der Waals surface area contributed by atoms with Crippen molar-refractivity contribution in [2.24, 2.45) is 0 Å². The van der Waals surface area contributed by atoms with Crippen molar-refractivity contribution in [2.45, 2.75) is 13.0 Å². The van der Waals surface area contributed by atoms with Crippen LogP contribution in [0.5, 0.6) is 0 Å². The molecule has 1 aromatic carbocycles. The Labute approximate surface area is 169 Å². The van der Waals surface area contributed by atoms with Gasteiger partial charge in [-0.1, -0.05) is 29.8 Å². The molecule has 5 rings (SSSR count). The first-order chi connectivity index (χ1) is 14.6. The van der Waals surface area contributed by atoms with E-state index >= 15 is 0 Å². The highest BCUT2D eigenvalue weighted by Gasteiger charge is 2.28. The molecule has 10 nitrogen and oxygen atoms in total. The number of ether oxygens (including phenoxy) is 1. The molecule has 150 valence electrons. The van der Waals surface area contributed by atoms with Gasteiger partial charge >= 0.3 is 5.97 Å². The first-order valence-corrected chi connectivity index (χ1v) is 9.14. The van der Waals surface area contributed by atoms with Crippen molar-refractivity contribution < 1.29 is 13.9 Å². The predicted octanol–water partition coefficient (Wildman–Crippen LogP) is 2.39. The second-order valence-electron chi connectivity index (χ2n) is 6.78. The molecular formula is C20H17N7O3. The number of hydrogen-bond acceptors (Lipinski definition) is 8. The molecule has 5 aromatic rings. The van der Waals surface area contributed by atoms with E-state index < -0.39 is 12.0 Å². The number of nitrogens with two attached hydrogens (primary N) is 1. The predicted molar refractivity (Wildman–Crippen MR) is 108 cm³/mol. The van der Waals surface area contributed by atoms with E-state index in [0.29, 0.717) is 28.3 Å². The number of carbonyl (C=O) groups is 1. The number of rotatable bonds is 4. The molecule has 0 aliphatic carbocycles. The van der Waals surface area contributed by atoms with Crippen LogP contribution in [-0.4, -0.2) is 42.4 Å². The summed E-state index contributed by atoms with van der Waals surface area (Å²) in [6, 6.07) is 10.2. The highest BCUT2D eigenvalue weighted by Crippen LogP contribution is 2.28. The second kappa shape index (κ2) is 6.69. The molecule has 0 spiro atoms. The number of nitrogen functional groups attached to an aromatic ring is 1. The molecule has 0 aliphatic rings. The van der Waals surface area contributed by atoms with Gasteiger partial charge in [0.15, 0.2) is 23.1 Å². The van der Waals surface area contributed by atoms with Gasteiger partial charge in [-0.05, 0) is 24.6 Å². The standard InChI is InChI=1S/C20H17N7O3/c1-11-5-7-12(8-6-11)15(19(28)29-2)26-18-13(10-22-26)17-23-16(14-4-3-9-30-14)25-27(17)20(21)24-18/h3-10,15H,1-2H3,(H2,21,24). The van der Waals surface area contributed by atoms with Gasteiger partial charge in [-0.2, -0.15) is 14.6 Å². The van der Waals surface area contributed by atoms with Crippen molar-refractivity contribution in [3.8, 4) is 11.6 Å². The minimum absolute atomic E-state index is 0.108. The van der Waals surface area contributed by atoms with Crippen LogP contribution >= 0.6 is 0 Å². The number of anilines is 1. The molecular weight excluding hydrogens is 386 g/mol. The summed E-state index contributed by atoms with van der Waals surface area (Å²) in [5, 5.41) is 9.39. The fraction of sp³-hybridized carbons (Fsp3) is 0.150. The van der Waals surface area contributed by atoms with Crippen LogP contribution in [0.4, 0.5) is 5.95 Å². The molecule has 1 atom stereocenters. The van der Waals surface area contributed by atoms with Crippen LogP contribution in [0.25, 0.3) is 28.3 Å². The number of methoxy groups -OCH3 is 1. The Balaban J connectivity index is 1.73. The molecule has 0 saturated heterocycles. The Morgan fingerprint density at radius 1 is 1.17 bits per heavy atom. The third kappa shape index (κ3) is 2.69. The summed E-state index contributed by atoms with van der Waals surface area (Å²) in [6.45, 7) is 1.97. The number of aromatic nitrogens is 6. The molecule has 0 radical (unpaired) electrons. The van der Waals surface area contributed by atoms with Gasteiger partial charge in [-0.15, -0.1) is 5.10 Å². The van der Waals surface area contributed by atoms with Gasteiger partial charge in [-0.3, -0.25) is 0 Å². The van der Waals surface area contributed by atoms with Gasteiger partial charge in [0.25, 0.3) is 0 Å². The molecule has 0 aliphatic heterocycles. The molecule has 0 saturated carbocycles. The van der Waals surface area contributed by atoms with Gasteiger partial charge < -0.3 is 14.9 Å². The van der Waals surface area contributed by atoms with Crippen molar-refractivity contribution in [1.29, 1.82) is 0 Å². The zero-order valence-corrected chi connectivity index (χ0v) is 16.2. The average Bonchev–Trinajstić information content (AvgIpc) is 3.49. The summed E-state index contributed by atoms with van der Waals surface area (Å²) < 4.78 is 13.3. The average molecular weight is 403 g/mol. The van der Waals surface area contributed by atoms with Gasteiger partial charge in [0, 0.05) is 0 Å². The molecule has 2 N–H and O–H groups in total. The Morgan fingerprint density at radius 3 is 2.67 bits per heavy atom. The molecule has 0 fully saturated rings. The van der Waals surface area contributed by atoms with Crippen LogP contribution < -0.4 is 5.73 Å². The quantitative estimate of drug-likeness (QED) is 0.453. The van der Waals surface area contributed by atoms with E-state index in [1.165, 1.54) is 16.3 Å². The summed E-state index contributed by atoms with van der Waals surface area (Å²) in [6.07, 6.45) is 3.13. The maximum atomic E-state index is 12.7. The van der Waals surface area contributed by atoms with Gasteiger partial charge in [0.1, 0.15) is 0 Å².